The predicted molar refractivity (Wildman–Crippen MR) is 161 cm³/mol. The summed E-state index contributed by atoms with van der Waals surface area (Å²) in [6.07, 6.45) is 7.02. The van der Waals surface area contributed by atoms with Gasteiger partial charge in [-0.15, -0.1) is 6.42 Å². The third-order valence-corrected chi connectivity index (χ3v) is 8.61. The maximum absolute atomic E-state index is 13.4. The van der Waals surface area contributed by atoms with Gasteiger partial charge < -0.3 is 19.9 Å². The van der Waals surface area contributed by atoms with E-state index in [1.807, 2.05) is 46.7 Å². The van der Waals surface area contributed by atoms with E-state index in [1.54, 1.807) is 0 Å². The Kier molecular flexibility index (Phi) is 7.93. The molecule has 2 heterocycles. The molecule has 0 aliphatic heterocycles. The van der Waals surface area contributed by atoms with Crippen molar-refractivity contribution in [3.63, 3.8) is 0 Å². The lowest BCUT2D eigenvalue weighted by Gasteiger charge is -2.32. The number of alkyl halides is 3. The topological polar surface area (TPSA) is 96.2 Å². The molecule has 2 aromatic carbocycles. The number of imidazole rings is 1. The summed E-state index contributed by atoms with van der Waals surface area (Å²) in [4.78, 5) is 27.7. The molecule has 0 spiro atoms. The fraction of sp³-hybridized carbons (Fsp3) is 0.394. The zero-order valence-corrected chi connectivity index (χ0v) is 24.3. The third kappa shape index (κ3) is 6.07. The Balaban J connectivity index is 1.54. The largest absolute Gasteiger partial charge is 0.475 e. The minimum atomic E-state index is -4.46. The molecule has 2 fully saturated rings. The molecule has 2 saturated carbocycles. The first-order valence-corrected chi connectivity index (χ1v) is 14.8. The average molecular weight is 603 g/mol. The van der Waals surface area contributed by atoms with E-state index in [9.17, 15) is 23.1 Å². The first-order chi connectivity index (χ1) is 21.1. The summed E-state index contributed by atoms with van der Waals surface area (Å²) >= 11 is 0. The van der Waals surface area contributed by atoms with E-state index in [2.05, 4.69) is 21.2 Å². The van der Waals surface area contributed by atoms with E-state index in [-0.39, 0.29) is 18.2 Å². The highest BCUT2D eigenvalue weighted by Crippen LogP contribution is 2.39. The predicted octanol–water partition coefficient (Wildman–Crippen LogP) is 6.78. The number of aromatic nitrogens is 4. The van der Waals surface area contributed by atoms with E-state index >= 15 is 0 Å². The van der Waals surface area contributed by atoms with E-state index < -0.39 is 29.6 Å². The van der Waals surface area contributed by atoms with Crippen LogP contribution in [0.5, 0.6) is 0 Å². The van der Waals surface area contributed by atoms with Crippen molar-refractivity contribution < 1.29 is 23.1 Å². The average Bonchev–Trinajstić information content (AvgIpc) is 3.71. The summed E-state index contributed by atoms with van der Waals surface area (Å²) < 4.78 is 41.9. The van der Waals surface area contributed by atoms with Gasteiger partial charge in [-0.05, 0) is 67.7 Å². The van der Waals surface area contributed by atoms with Gasteiger partial charge in [0.1, 0.15) is 11.6 Å². The number of nitrogens with one attached hydrogen (secondary N) is 1. The number of hydrogen-bond donors (Lipinski definition) is 2. The number of aromatic carboxylic acids is 1. The van der Waals surface area contributed by atoms with Crippen molar-refractivity contribution in [3.05, 3.63) is 77.1 Å². The molecule has 2 aliphatic carbocycles. The molecule has 11 heteroatoms. The number of carboxylic acids is 1. The molecule has 2 atom stereocenters. The summed E-state index contributed by atoms with van der Waals surface area (Å²) in [7, 11) is 0. The number of terminal acetylenes is 1. The number of carbonyl (C=O) groups is 1. The smallest absolute Gasteiger partial charge is 0.416 e. The van der Waals surface area contributed by atoms with Crippen LogP contribution in [0.15, 0.2) is 54.6 Å². The molecule has 8 nitrogen and oxygen atoms in total. The van der Waals surface area contributed by atoms with Crippen molar-refractivity contribution in [2.24, 2.45) is 11.8 Å². The number of halogens is 3. The highest BCUT2D eigenvalue weighted by atomic mass is 19.4. The fourth-order valence-corrected chi connectivity index (χ4v) is 5.73. The SMILES string of the molecule is C#C[C@@H](c1ccccc1)N(CC1CC1)c1nc2nc(C(=O)O)nc(N[C@H](C)C3CCC3)c2n1Cc1ccc(C(F)(F)F)cc1. The van der Waals surface area contributed by atoms with Gasteiger partial charge in [0.05, 0.1) is 12.1 Å². The Hall–Kier alpha value is -4.59. The van der Waals surface area contributed by atoms with Crippen molar-refractivity contribution in [1.29, 1.82) is 0 Å². The summed E-state index contributed by atoms with van der Waals surface area (Å²) in [6, 6.07) is 14.1. The maximum atomic E-state index is 13.4. The van der Waals surface area contributed by atoms with Crippen LogP contribution in [0, 0.1) is 24.2 Å². The number of carboxylic acid groups (broad SMARTS) is 1. The zero-order chi connectivity index (χ0) is 31.0. The van der Waals surface area contributed by atoms with Gasteiger partial charge in [0.2, 0.25) is 11.8 Å². The molecular weight excluding hydrogens is 569 g/mol. The van der Waals surface area contributed by atoms with Crippen LogP contribution in [-0.2, 0) is 12.7 Å². The van der Waals surface area contributed by atoms with Crippen LogP contribution in [0.2, 0.25) is 0 Å². The number of rotatable bonds is 11. The lowest BCUT2D eigenvalue weighted by Crippen LogP contribution is -2.33. The molecule has 6 rings (SSSR count). The number of anilines is 2. The van der Waals surface area contributed by atoms with Crippen molar-refractivity contribution in [3.8, 4) is 12.3 Å². The number of benzene rings is 2. The van der Waals surface area contributed by atoms with Crippen molar-refractivity contribution >= 4 is 28.9 Å². The first-order valence-electron chi connectivity index (χ1n) is 14.8. The Labute approximate surface area is 253 Å². The molecule has 2 aliphatic rings. The summed E-state index contributed by atoms with van der Waals surface area (Å²) in [5.41, 5.74) is 1.39. The van der Waals surface area contributed by atoms with Gasteiger partial charge in [-0.25, -0.2) is 14.8 Å². The normalized spacial score (nSPS) is 16.6. The monoisotopic (exact) mass is 602 g/mol. The number of fused-ring (bicyclic) bond motifs is 1. The summed E-state index contributed by atoms with van der Waals surface area (Å²) in [5.74, 6) is 2.82. The Morgan fingerprint density at radius 1 is 1.09 bits per heavy atom. The molecule has 0 amide bonds. The molecule has 2 N–H and O–H groups in total. The Morgan fingerprint density at radius 2 is 1.80 bits per heavy atom. The van der Waals surface area contributed by atoms with Gasteiger partial charge in [0.25, 0.3) is 0 Å². The van der Waals surface area contributed by atoms with E-state index in [4.69, 9.17) is 11.4 Å². The van der Waals surface area contributed by atoms with E-state index in [0.717, 1.165) is 49.8 Å². The van der Waals surface area contributed by atoms with Crippen LogP contribution in [0.4, 0.5) is 24.9 Å². The molecule has 0 saturated heterocycles. The van der Waals surface area contributed by atoms with Crippen LogP contribution >= 0.6 is 0 Å². The molecule has 2 aromatic heterocycles. The lowest BCUT2D eigenvalue weighted by molar-refractivity contribution is -0.137. The number of nitrogens with zero attached hydrogens (tertiary/aromatic N) is 5. The highest BCUT2D eigenvalue weighted by Gasteiger charge is 2.34. The van der Waals surface area contributed by atoms with Crippen molar-refractivity contribution in [2.45, 2.75) is 63.8 Å². The van der Waals surface area contributed by atoms with Crippen molar-refractivity contribution in [2.75, 3.05) is 16.8 Å². The molecule has 228 valence electrons. The number of hydrogen-bond acceptors (Lipinski definition) is 6. The van der Waals surface area contributed by atoms with Crippen LogP contribution in [0.3, 0.4) is 0 Å². The third-order valence-electron chi connectivity index (χ3n) is 8.61. The zero-order valence-electron chi connectivity index (χ0n) is 24.3. The second kappa shape index (κ2) is 11.8. The molecule has 0 unspecified atom stereocenters. The van der Waals surface area contributed by atoms with Crippen LogP contribution in [0.25, 0.3) is 11.2 Å². The minimum absolute atomic E-state index is 0.00621. The molecule has 0 bridgehead atoms. The van der Waals surface area contributed by atoms with Gasteiger partial charge in [-0.1, -0.05) is 54.8 Å². The van der Waals surface area contributed by atoms with Crippen LogP contribution in [-0.4, -0.2) is 43.2 Å². The molecule has 0 radical (unpaired) electrons. The van der Waals surface area contributed by atoms with Gasteiger partial charge in [0.15, 0.2) is 11.5 Å². The quantitative estimate of drug-likeness (QED) is 0.183. The van der Waals surface area contributed by atoms with Gasteiger partial charge in [-0.2, -0.15) is 18.2 Å². The Bertz CT molecular complexity index is 1690. The van der Waals surface area contributed by atoms with Gasteiger partial charge in [-0.3, -0.25) is 0 Å². The van der Waals surface area contributed by atoms with Gasteiger partial charge >= 0.3 is 12.1 Å². The molecule has 44 heavy (non-hydrogen) atoms. The standard InChI is InChI=1S/C33H33F3N6O2/c1-3-26(24-8-5-4-6-9-24)41(18-21-12-13-21)32-40-29-27(42(32)19-22-14-16-25(17-15-22)33(34,35)36)28(38-30(39-29)31(43)44)37-20(2)23-10-7-11-23/h1,4-6,8-9,14-17,20-21,23,26H,7,10-13,18-19H2,2H3,(H,43,44)(H,37,38,39)/t20-,26+/m1/s1. The lowest BCUT2D eigenvalue weighted by atomic mass is 9.80. The van der Waals surface area contributed by atoms with Crippen molar-refractivity contribution in [1.82, 2.24) is 19.5 Å². The van der Waals surface area contributed by atoms with E-state index in [1.165, 1.54) is 12.1 Å². The Morgan fingerprint density at radius 3 is 2.36 bits per heavy atom. The molecule has 4 aromatic rings. The first kappa shape index (κ1) is 29.5. The van der Waals surface area contributed by atoms with Crippen LogP contribution in [0.1, 0.15) is 72.4 Å². The highest BCUT2D eigenvalue weighted by molar-refractivity contribution is 5.92. The second-order valence-corrected chi connectivity index (χ2v) is 11.8. The summed E-state index contributed by atoms with van der Waals surface area (Å²) in [5, 5.41) is 13.3. The van der Waals surface area contributed by atoms with Gasteiger partial charge in [0, 0.05) is 12.6 Å². The van der Waals surface area contributed by atoms with E-state index in [0.29, 0.717) is 41.2 Å². The fourth-order valence-electron chi connectivity index (χ4n) is 5.73. The second-order valence-electron chi connectivity index (χ2n) is 11.8. The van der Waals surface area contributed by atoms with Crippen LogP contribution < -0.4 is 10.2 Å². The minimum Gasteiger partial charge on any atom is -0.475 e. The molecular formula is C33H33F3N6O2. The summed E-state index contributed by atoms with van der Waals surface area (Å²) in [6.45, 7) is 2.78. The maximum Gasteiger partial charge on any atom is 0.416 e.